The number of hydrogen-bond donors (Lipinski definition) is 1. The standard InChI is InChI=1S/C45H45ClF4N6O5/c1-24(2)29-7-4-9-33(46)36(29)41(57)61-28-15-25-10-11-34(49)30-8-5-14-59-43(58)54-44(3)17-26(47)20-55(22-44)40-32-19-51-38(31(16-28)35(25)30)37(50)39(32)52-42(53-40)60-23-45-12-6-13-56(45)21-27(48)18-45/h4,7,9-11,15-16,19,24,26-27H,5-6,8,12-14,17-18,20-23H2,1-3H3,(H,54,58)/t26-,27-,44-,45+/m1/s1. The summed E-state index contributed by atoms with van der Waals surface area (Å²) in [6, 6.07) is 10.7. The van der Waals surface area contributed by atoms with Crippen molar-refractivity contribution >= 4 is 51.2 Å². The molecule has 5 aromatic rings. The van der Waals surface area contributed by atoms with E-state index in [1.807, 2.05) is 13.8 Å². The molecule has 3 fully saturated rings. The molecule has 6 bridgehead atoms. The van der Waals surface area contributed by atoms with Crippen molar-refractivity contribution in [2.45, 2.75) is 88.6 Å². The average molecular weight is 861 g/mol. The number of rotatable bonds is 6. The maximum absolute atomic E-state index is 17.7. The number of benzene rings is 3. The highest BCUT2D eigenvalue weighted by atomic mass is 35.5. The molecule has 0 unspecified atom stereocenters. The number of pyridine rings is 1. The zero-order chi connectivity index (χ0) is 42.8. The molecule has 4 atom stereocenters. The Kier molecular flexibility index (Phi) is 10.7. The van der Waals surface area contributed by atoms with E-state index in [9.17, 15) is 14.0 Å². The molecule has 5 aliphatic rings. The van der Waals surface area contributed by atoms with Crippen LogP contribution in [-0.2, 0) is 11.2 Å². The maximum atomic E-state index is 17.7. The van der Waals surface area contributed by atoms with Gasteiger partial charge in [-0.25, -0.2) is 27.2 Å². The zero-order valence-electron chi connectivity index (χ0n) is 34.0. The number of aryl methyl sites for hydroxylation is 1. The Morgan fingerprint density at radius 2 is 1.90 bits per heavy atom. The van der Waals surface area contributed by atoms with Gasteiger partial charge in [-0.05, 0) is 91.2 Å². The molecule has 0 radical (unpaired) electrons. The largest absolute Gasteiger partial charge is 0.461 e. The highest BCUT2D eigenvalue weighted by molar-refractivity contribution is 6.33. The van der Waals surface area contributed by atoms with Crippen molar-refractivity contribution in [1.82, 2.24) is 25.2 Å². The summed E-state index contributed by atoms with van der Waals surface area (Å²) in [4.78, 5) is 44.6. The number of nitrogens with one attached hydrogen (secondary N) is 1. The van der Waals surface area contributed by atoms with Crippen LogP contribution in [0.1, 0.15) is 80.3 Å². The summed E-state index contributed by atoms with van der Waals surface area (Å²) < 4.78 is 81.9. The van der Waals surface area contributed by atoms with Crippen molar-refractivity contribution in [2.75, 3.05) is 44.3 Å². The van der Waals surface area contributed by atoms with E-state index in [2.05, 4.69) is 20.2 Å². The highest BCUT2D eigenvalue weighted by Gasteiger charge is 2.49. The van der Waals surface area contributed by atoms with Crippen molar-refractivity contribution < 1.29 is 41.4 Å². The van der Waals surface area contributed by atoms with E-state index >= 15 is 13.2 Å². The molecule has 3 aromatic carbocycles. The number of carbonyl (C=O) groups excluding carboxylic acids is 2. The highest BCUT2D eigenvalue weighted by Crippen LogP contribution is 2.43. The van der Waals surface area contributed by atoms with Gasteiger partial charge in [-0.15, -0.1) is 0 Å². The molecule has 5 aliphatic heterocycles. The lowest BCUT2D eigenvalue weighted by Crippen LogP contribution is -2.60. The van der Waals surface area contributed by atoms with Gasteiger partial charge < -0.3 is 24.4 Å². The zero-order valence-corrected chi connectivity index (χ0v) is 34.8. The molecule has 1 N–H and O–H groups in total. The minimum atomic E-state index is -1.43. The molecule has 10 rings (SSSR count). The number of halogens is 5. The molecule has 1 amide bonds. The van der Waals surface area contributed by atoms with Gasteiger partial charge in [0.25, 0.3) is 0 Å². The lowest BCUT2D eigenvalue weighted by molar-refractivity contribution is 0.0733. The van der Waals surface area contributed by atoms with E-state index in [1.54, 1.807) is 36.1 Å². The Morgan fingerprint density at radius 3 is 2.72 bits per heavy atom. The van der Waals surface area contributed by atoms with Gasteiger partial charge in [0.05, 0.1) is 40.2 Å². The Morgan fingerprint density at radius 1 is 1.08 bits per heavy atom. The number of aromatic nitrogens is 3. The molecule has 2 aromatic heterocycles. The summed E-state index contributed by atoms with van der Waals surface area (Å²) in [5.74, 6) is -2.19. The first-order valence-corrected chi connectivity index (χ1v) is 21.1. The third-order valence-corrected chi connectivity index (χ3v) is 12.8. The van der Waals surface area contributed by atoms with Gasteiger partial charge in [0, 0.05) is 37.7 Å². The number of hydrogen-bond acceptors (Lipinski definition) is 10. The summed E-state index contributed by atoms with van der Waals surface area (Å²) in [5.41, 5.74) is -1.04. The number of nitrogens with zero attached hydrogens (tertiary/aromatic N) is 5. The number of alkyl carbamates (subject to hydrolysis) is 1. The van der Waals surface area contributed by atoms with Gasteiger partial charge in [-0.1, -0.05) is 43.6 Å². The topological polar surface area (TPSA) is 119 Å². The molecular formula is C45H45ClF4N6O5. The number of alkyl halides is 2. The van der Waals surface area contributed by atoms with E-state index in [0.29, 0.717) is 29.3 Å². The molecule has 16 heteroatoms. The Hall–Kier alpha value is -5.28. The number of esters is 1. The number of amides is 1. The first-order valence-electron chi connectivity index (χ1n) is 20.7. The van der Waals surface area contributed by atoms with Gasteiger partial charge >= 0.3 is 18.1 Å². The fraction of sp³-hybridized carbons (Fsp3) is 0.444. The molecule has 11 nitrogen and oxygen atoms in total. The first kappa shape index (κ1) is 41.1. The van der Waals surface area contributed by atoms with Crippen LogP contribution in [0, 0.1) is 11.6 Å². The summed E-state index contributed by atoms with van der Waals surface area (Å²) in [7, 11) is 0. The quantitative estimate of drug-likeness (QED) is 0.101. The molecule has 0 aliphatic carbocycles. The van der Waals surface area contributed by atoms with E-state index in [4.69, 9.17) is 30.8 Å². The Balaban J connectivity index is 1.23. The van der Waals surface area contributed by atoms with Crippen LogP contribution >= 0.6 is 11.6 Å². The third-order valence-electron chi connectivity index (χ3n) is 12.5. The van der Waals surface area contributed by atoms with Gasteiger partial charge in [0.1, 0.15) is 47.5 Å². The Bertz CT molecular complexity index is 2580. The molecule has 7 heterocycles. The van der Waals surface area contributed by atoms with Gasteiger partial charge in [-0.2, -0.15) is 9.97 Å². The first-order chi connectivity index (χ1) is 29.2. The normalized spacial score (nSPS) is 24.3. The summed E-state index contributed by atoms with van der Waals surface area (Å²) in [6.07, 6.45) is 0.197. The van der Waals surface area contributed by atoms with Crippen LogP contribution in [0.25, 0.3) is 32.9 Å². The number of piperidine rings is 1. The van der Waals surface area contributed by atoms with Crippen LogP contribution in [0.5, 0.6) is 11.8 Å². The second kappa shape index (κ2) is 15.9. The number of carbonyl (C=O) groups is 2. The number of anilines is 1. The van der Waals surface area contributed by atoms with Crippen LogP contribution in [-0.4, -0.2) is 94.7 Å². The van der Waals surface area contributed by atoms with Crippen molar-refractivity contribution in [2.24, 2.45) is 0 Å². The second-order valence-electron chi connectivity index (χ2n) is 17.3. The summed E-state index contributed by atoms with van der Waals surface area (Å²) in [5, 5.41) is 3.84. The monoisotopic (exact) mass is 860 g/mol. The fourth-order valence-electron chi connectivity index (χ4n) is 9.83. The van der Waals surface area contributed by atoms with Crippen molar-refractivity contribution in [3.05, 3.63) is 82.0 Å². The van der Waals surface area contributed by atoms with Gasteiger partial charge in [0.2, 0.25) is 0 Å². The average Bonchev–Trinajstić information content (AvgIpc) is 3.73. The van der Waals surface area contributed by atoms with Crippen LogP contribution in [0.2, 0.25) is 5.02 Å². The van der Waals surface area contributed by atoms with E-state index in [-0.39, 0.29) is 114 Å². The Labute approximate surface area is 354 Å². The van der Waals surface area contributed by atoms with Crippen molar-refractivity contribution in [3.63, 3.8) is 0 Å². The maximum Gasteiger partial charge on any atom is 0.407 e. The number of fused-ring (bicyclic) bond motifs is 7. The molecule has 320 valence electrons. The lowest BCUT2D eigenvalue weighted by Gasteiger charge is -2.42. The minimum absolute atomic E-state index is 0.0176. The predicted octanol–water partition coefficient (Wildman–Crippen LogP) is 9.05. The van der Waals surface area contributed by atoms with Crippen LogP contribution in [0.15, 0.2) is 48.7 Å². The smallest absolute Gasteiger partial charge is 0.407 e. The summed E-state index contributed by atoms with van der Waals surface area (Å²) >= 11 is 6.54. The molecule has 3 saturated heterocycles. The van der Waals surface area contributed by atoms with E-state index in [0.717, 1.165) is 13.0 Å². The van der Waals surface area contributed by atoms with E-state index < -0.39 is 47.1 Å². The predicted molar refractivity (Wildman–Crippen MR) is 222 cm³/mol. The molecule has 0 saturated carbocycles. The second-order valence-corrected chi connectivity index (χ2v) is 17.7. The molecular weight excluding hydrogens is 816 g/mol. The molecule has 0 spiro atoms. The third kappa shape index (κ3) is 7.68. The lowest BCUT2D eigenvalue weighted by atomic mass is 9.90. The van der Waals surface area contributed by atoms with Crippen LogP contribution < -0.4 is 19.7 Å². The van der Waals surface area contributed by atoms with Gasteiger partial charge in [0.15, 0.2) is 5.82 Å². The van der Waals surface area contributed by atoms with E-state index in [1.165, 1.54) is 24.4 Å². The van der Waals surface area contributed by atoms with Crippen LogP contribution in [0.3, 0.4) is 0 Å². The van der Waals surface area contributed by atoms with Crippen LogP contribution in [0.4, 0.5) is 28.2 Å². The minimum Gasteiger partial charge on any atom is -0.461 e. The van der Waals surface area contributed by atoms with Crippen molar-refractivity contribution in [3.8, 4) is 23.0 Å². The van der Waals surface area contributed by atoms with Gasteiger partial charge in [-0.3, -0.25) is 9.88 Å². The van der Waals surface area contributed by atoms with Crippen molar-refractivity contribution in [1.29, 1.82) is 0 Å². The summed E-state index contributed by atoms with van der Waals surface area (Å²) in [6.45, 7) is 6.40. The molecule has 61 heavy (non-hydrogen) atoms. The number of ether oxygens (including phenoxy) is 3. The fourth-order valence-corrected chi connectivity index (χ4v) is 10.1. The SMILES string of the molecule is CC(C)c1cccc(Cl)c1C(=O)Oc1cc2c3c(c(F)ccc3c1)CCCOC(=O)N[C@]1(C)C[C@@H](F)CN(C1)c1nc(OC[C@@]34CCCN3C[C@H](F)C4)nc3c(F)c-2ncc13.